The number of hydrogen-bond donors (Lipinski definition) is 2. The molecule has 2 amide bonds. The Bertz CT molecular complexity index is 577. The van der Waals surface area contributed by atoms with Gasteiger partial charge in [0.25, 0.3) is 0 Å². The molecule has 24 heavy (non-hydrogen) atoms. The predicted molar refractivity (Wildman–Crippen MR) is 92.5 cm³/mol. The first kappa shape index (κ1) is 16.9. The molecule has 1 saturated heterocycles. The molecular weight excluding hydrogens is 304 g/mol. The van der Waals surface area contributed by atoms with Crippen LogP contribution in [-0.2, 0) is 11.3 Å². The number of amides is 2. The van der Waals surface area contributed by atoms with Gasteiger partial charge in [0.15, 0.2) is 0 Å². The molecule has 2 fully saturated rings. The van der Waals surface area contributed by atoms with Crippen LogP contribution < -0.4 is 11.1 Å². The summed E-state index contributed by atoms with van der Waals surface area (Å²) in [4.78, 5) is 27.8. The van der Waals surface area contributed by atoms with Gasteiger partial charge in [-0.1, -0.05) is 12.1 Å². The van der Waals surface area contributed by atoms with E-state index >= 15 is 0 Å². The van der Waals surface area contributed by atoms with E-state index in [1.54, 1.807) is 12.1 Å². The topological polar surface area (TPSA) is 78.7 Å². The number of rotatable bonds is 7. The van der Waals surface area contributed by atoms with Crippen molar-refractivity contribution >= 4 is 11.8 Å². The van der Waals surface area contributed by atoms with Crippen LogP contribution in [0.4, 0.5) is 0 Å². The van der Waals surface area contributed by atoms with E-state index in [0.29, 0.717) is 18.0 Å². The molecule has 0 spiro atoms. The van der Waals surface area contributed by atoms with Crippen LogP contribution in [0, 0.1) is 0 Å². The Morgan fingerprint density at radius 3 is 2.42 bits per heavy atom. The summed E-state index contributed by atoms with van der Waals surface area (Å²) in [6.07, 6.45) is 3.00. The summed E-state index contributed by atoms with van der Waals surface area (Å²) >= 11 is 0. The second-order valence-electron chi connectivity index (χ2n) is 6.64. The van der Waals surface area contributed by atoms with E-state index in [2.05, 4.69) is 10.2 Å². The maximum atomic E-state index is 12.3. The van der Waals surface area contributed by atoms with Gasteiger partial charge in [0.2, 0.25) is 11.8 Å². The maximum absolute atomic E-state index is 12.3. The average molecular weight is 330 g/mol. The molecule has 1 aliphatic carbocycles. The zero-order chi connectivity index (χ0) is 16.9. The molecule has 3 rings (SSSR count). The van der Waals surface area contributed by atoms with Gasteiger partial charge in [-0.25, -0.2) is 0 Å². The Hall–Kier alpha value is -1.92. The van der Waals surface area contributed by atoms with Crippen LogP contribution in [0.25, 0.3) is 0 Å². The number of nitrogens with one attached hydrogen (secondary N) is 1. The van der Waals surface area contributed by atoms with Gasteiger partial charge in [0.1, 0.15) is 0 Å². The first-order valence-corrected chi connectivity index (χ1v) is 8.75. The lowest BCUT2D eigenvalue weighted by Crippen LogP contribution is -2.47. The molecule has 0 aromatic heterocycles. The zero-order valence-electron chi connectivity index (χ0n) is 14.0. The van der Waals surface area contributed by atoms with Crippen LogP contribution >= 0.6 is 0 Å². The highest BCUT2D eigenvalue weighted by molar-refractivity contribution is 5.92. The van der Waals surface area contributed by atoms with Crippen LogP contribution in [0.2, 0.25) is 0 Å². The van der Waals surface area contributed by atoms with Crippen molar-refractivity contribution in [2.45, 2.75) is 31.8 Å². The molecule has 6 heteroatoms. The van der Waals surface area contributed by atoms with Gasteiger partial charge >= 0.3 is 0 Å². The lowest BCUT2D eigenvalue weighted by Gasteiger charge is -2.29. The van der Waals surface area contributed by atoms with Crippen LogP contribution in [-0.4, -0.2) is 60.4 Å². The van der Waals surface area contributed by atoms with E-state index in [1.165, 1.54) is 12.8 Å². The highest BCUT2D eigenvalue weighted by Crippen LogP contribution is 2.28. The molecule has 3 N–H and O–H groups in total. The third-order valence-electron chi connectivity index (χ3n) is 4.77. The average Bonchev–Trinajstić information content (AvgIpc) is 3.44. The number of carbonyl (C=O) groups is 2. The van der Waals surface area contributed by atoms with Crippen molar-refractivity contribution in [3.05, 3.63) is 35.4 Å². The molecular formula is C18H26N4O2. The summed E-state index contributed by atoms with van der Waals surface area (Å²) in [6, 6.07) is 8.04. The maximum Gasteiger partial charge on any atom is 0.248 e. The number of nitrogens with zero attached hydrogens (tertiary/aromatic N) is 2. The van der Waals surface area contributed by atoms with Gasteiger partial charge in [-0.3, -0.25) is 14.5 Å². The minimum Gasteiger partial charge on any atom is -0.366 e. The quantitative estimate of drug-likeness (QED) is 0.766. The smallest absolute Gasteiger partial charge is 0.248 e. The highest BCUT2D eigenvalue weighted by atomic mass is 16.2. The molecule has 6 nitrogen and oxygen atoms in total. The molecule has 0 bridgehead atoms. The first-order chi connectivity index (χ1) is 11.6. The number of carbonyl (C=O) groups excluding carboxylic acids is 2. The highest BCUT2D eigenvalue weighted by Gasteiger charge is 2.29. The van der Waals surface area contributed by atoms with Crippen molar-refractivity contribution in [3.8, 4) is 0 Å². The third kappa shape index (κ3) is 4.55. The van der Waals surface area contributed by atoms with E-state index in [1.807, 2.05) is 17.0 Å². The van der Waals surface area contributed by atoms with Gasteiger partial charge in [-0.15, -0.1) is 0 Å². The largest absolute Gasteiger partial charge is 0.366 e. The Morgan fingerprint density at radius 1 is 1.17 bits per heavy atom. The molecule has 1 heterocycles. The van der Waals surface area contributed by atoms with E-state index in [-0.39, 0.29) is 5.91 Å². The van der Waals surface area contributed by atoms with Gasteiger partial charge in [-0.05, 0) is 30.5 Å². The molecule has 1 saturated carbocycles. The monoisotopic (exact) mass is 330 g/mol. The minimum atomic E-state index is -0.401. The van der Waals surface area contributed by atoms with Crippen molar-refractivity contribution in [2.75, 3.05) is 32.7 Å². The van der Waals surface area contributed by atoms with Crippen LogP contribution in [0.1, 0.15) is 35.2 Å². The molecule has 0 atom stereocenters. The fourth-order valence-corrected chi connectivity index (χ4v) is 3.15. The van der Waals surface area contributed by atoms with Gasteiger partial charge < -0.3 is 16.0 Å². The zero-order valence-corrected chi connectivity index (χ0v) is 14.0. The molecule has 0 unspecified atom stereocenters. The van der Waals surface area contributed by atoms with Crippen LogP contribution in [0.3, 0.4) is 0 Å². The standard InChI is InChI=1S/C18H26N4O2/c19-18(24)15-3-1-14(2-4-15)13-22(16-5-6-16)10-7-17(23)21-11-8-20-9-12-21/h1-4,16,20H,5-13H2,(H2,19,24). The predicted octanol–water partition coefficient (Wildman–Crippen LogP) is 0.572. The Labute approximate surface area is 143 Å². The second kappa shape index (κ2) is 7.77. The van der Waals surface area contributed by atoms with Gasteiger partial charge in [-0.2, -0.15) is 0 Å². The van der Waals surface area contributed by atoms with Gasteiger partial charge in [0.05, 0.1) is 0 Å². The van der Waals surface area contributed by atoms with Crippen LogP contribution in [0.15, 0.2) is 24.3 Å². The fraction of sp³-hybridized carbons (Fsp3) is 0.556. The Balaban J connectivity index is 1.53. The summed E-state index contributed by atoms with van der Waals surface area (Å²) in [5.74, 6) is -0.145. The number of piperazine rings is 1. The van der Waals surface area contributed by atoms with E-state index in [9.17, 15) is 9.59 Å². The first-order valence-electron chi connectivity index (χ1n) is 8.75. The summed E-state index contributed by atoms with van der Waals surface area (Å²) in [5, 5.41) is 3.27. The summed E-state index contributed by atoms with van der Waals surface area (Å²) in [5.41, 5.74) is 6.97. The van der Waals surface area contributed by atoms with Crippen molar-refractivity contribution < 1.29 is 9.59 Å². The minimum absolute atomic E-state index is 0.256. The summed E-state index contributed by atoms with van der Waals surface area (Å²) in [6.45, 7) is 5.03. The lowest BCUT2D eigenvalue weighted by atomic mass is 10.1. The summed E-state index contributed by atoms with van der Waals surface area (Å²) in [7, 11) is 0. The molecule has 2 aliphatic rings. The van der Waals surface area contributed by atoms with Crippen LogP contribution in [0.5, 0.6) is 0 Å². The number of hydrogen-bond acceptors (Lipinski definition) is 4. The molecule has 0 radical (unpaired) electrons. The molecule has 1 aromatic rings. The third-order valence-corrected chi connectivity index (χ3v) is 4.77. The molecule has 1 aromatic carbocycles. The van der Waals surface area contributed by atoms with Gasteiger partial charge in [0, 0.05) is 57.3 Å². The normalized spacial score (nSPS) is 18.0. The fourth-order valence-electron chi connectivity index (χ4n) is 3.15. The number of primary amides is 1. The molecule has 1 aliphatic heterocycles. The van der Waals surface area contributed by atoms with E-state index in [0.717, 1.165) is 44.8 Å². The SMILES string of the molecule is NC(=O)c1ccc(CN(CCC(=O)N2CCNCC2)C2CC2)cc1. The lowest BCUT2D eigenvalue weighted by molar-refractivity contribution is -0.132. The van der Waals surface area contributed by atoms with Crippen molar-refractivity contribution in [1.82, 2.24) is 15.1 Å². The van der Waals surface area contributed by atoms with E-state index in [4.69, 9.17) is 5.73 Å². The Morgan fingerprint density at radius 2 is 1.83 bits per heavy atom. The van der Waals surface area contributed by atoms with Crippen molar-refractivity contribution in [1.29, 1.82) is 0 Å². The molecule has 130 valence electrons. The Kier molecular flexibility index (Phi) is 5.48. The van der Waals surface area contributed by atoms with Crippen molar-refractivity contribution in [3.63, 3.8) is 0 Å². The van der Waals surface area contributed by atoms with E-state index < -0.39 is 5.91 Å². The summed E-state index contributed by atoms with van der Waals surface area (Å²) < 4.78 is 0. The second-order valence-corrected chi connectivity index (χ2v) is 6.64. The van der Waals surface area contributed by atoms with Crippen molar-refractivity contribution in [2.24, 2.45) is 5.73 Å². The number of benzene rings is 1. The number of nitrogens with two attached hydrogens (primary N) is 1.